The van der Waals surface area contributed by atoms with Gasteiger partial charge < -0.3 is 25.2 Å². The number of ether oxygens (including phenoxy) is 2. The van der Waals surface area contributed by atoms with Crippen molar-refractivity contribution in [2.75, 3.05) is 19.8 Å². The van der Waals surface area contributed by atoms with Crippen molar-refractivity contribution in [1.82, 2.24) is 10.6 Å². The molecule has 0 saturated carbocycles. The molecule has 0 aliphatic rings. The van der Waals surface area contributed by atoms with E-state index >= 15 is 0 Å². The lowest BCUT2D eigenvalue weighted by atomic mass is 10.1. The maximum absolute atomic E-state index is 12.7. The molecule has 0 heterocycles. The van der Waals surface area contributed by atoms with Gasteiger partial charge in [0.05, 0.1) is 25.7 Å². The maximum atomic E-state index is 12.7. The van der Waals surface area contributed by atoms with Gasteiger partial charge in [0.15, 0.2) is 0 Å². The highest BCUT2D eigenvalue weighted by Gasteiger charge is 2.26. The average molecular weight is 480 g/mol. The van der Waals surface area contributed by atoms with Crippen LogP contribution in [0, 0.1) is 0 Å². The lowest BCUT2D eigenvalue weighted by Crippen LogP contribution is -2.36. The van der Waals surface area contributed by atoms with Crippen molar-refractivity contribution in [1.29, 1.82) is 0 Å². The number of amides is 2. The summed E-state index contributed by atoms with van der Waals surface area (Å²) in [4.78, 5) is 25.2. The van der Waals surface area contributed by atoms with Crippen LogP contribution in [0.2, 0.25) is 0 Å². The van der Waals surface area contributed by atoms with Gasteiger partial charge in [-0.1, -0.05) is 12.1 Å². The largest absolute Gasteiger partial charge is 0.493 e. The first-order chi connectivity index (χ1) is 16.1. The van der Waals surface area contributed by atoms with Gasteiger partial charge >= 0.3 is 6.18 Å². The minimum absolute atomic E-state index is 0.00179. The predicted octanol–water partition coefficient (Wildman–Crippen LogP) is 3.68. The summed E-state index contributed by atoms with van der Waals surface area (Å²) in [5.74, 6) is -0.370. The summed E-state index contributed by atoms with van der Waals surface area (Å²) < 4.78 is 47.3. The van der Waals surface area contributed by atoms with E-state index in [-0.39, 0.29) is 36.3 Å². The molecule has 0 spiro atoms. The molecule has 0 aliphatic heterocycles. The van der Waals surface area contributed by atoms with E-state index in [1.165, 1.54) is 30.3 Å². The molecule has 2 amide bonds. The molecule has 3 N–H and O–H groups in total. The Hall–Kier alpha value is -3.53. The maximum Gasteiger partial charge on any atom is 0.392 e. The summed E-state index contributed by atoms with van der Waals surface area (Å²) in [5, 5.41) is 14.0. The standard InChI is InChI=1S/C24H27F3N2O5/c1-16(2)34-20-7-3-17(4-8-20)15-21(23(32)28-12-13-30)29-22(31)18-5-9-19(10-6-18)33-14-11-24(25,26)27/h3-10,15-16,30H,11-14H2,1-2H3,(H,28,32)(H,29,31)/b21-15+. The number of alkyl halides is 3. The number of hydrogen-bond acceptors (Lipinski definition) is 5. The van der Waals surface area contributed by atoms with Crippen molar-refractivity contribution in [3.05, 3.63) is 65.4 Å². The Morgan fingerprint density at radius 1 is 1.03 bits per heavy atom. The van der Waals surface area contributed by atoms with Crippen LogP contribution in [0.25, 0.3) is 6.08 Å². The molecule has 7 nitrogen and oxygen atoms in total. The molecule has 2 rings (SSSR count). The van der Waals surface area contributed by atoms with E-state index in [4.69, 9.17) is 14.6 Å². The van der Waals surface area contributed by atoms with Gasteiger partial charge in [0.25, 0.3) is 11.8 Å². The average Bonchev–Trinajstić information content (AvgIpc) is 2.77. The number of hydrogen-bond donors (Lipinski definition) is 3. The van der Waals surface area contributed by atoms with Crippen LogP contribution >= 0.6 is 0 Å². The third kappa shape index (κ3) is 9.53. The van der Waals surface area contributed by atoms with E-state index in [1.54, 1.807) is 24.3 Å². The van der Waals surface area contributed by atoms with Gasteiger partial charge in [-0.2, -0.15) is 13.2 Å². The molecular weight excluding hydrogens is 453 g/mol. The van der Waals surface area contributed by atoms with Crippen LogP contribution in [0.4, 0.5) is 13.2 Å². The molecule has 0 bridgehead atoms. The lowest BCUT2D eigenvalue weighted by Gasteiger charge is -2.12. The topological polar surface area (TPSA) is 96.9 Å². The van der Waals surface area contributed by atoms with E-state index in [9.17, 15) is 22.8 Å². The van der Waals surface area contributed by atoms with Gasteiger partial charge in [-0.15, -0.1) is 0 Å². The molecule has 184 valence electrons. The van der Waals surface area contributed by atoms with E-state index in [0.29, 0.717) is 11.3 Å². The Morgan fingerprint density at radius 2 is 1.65 bits per heavy atom. The fourth-order valence-electron chi connectivity index (χ4n) is 2.69. The van der Waals surface area contributed by atoms with Gasteiger partial charge in [-0.25, -0.2) is 0 Å². The van der Waals surface area contributed by atoms with Crippen molar-refractivity contribution in [2.45, 2.75) is 32.5 Å². The number of carbonyl (C=O) groups excluding carboxylic acids is 2. The monoisotopic (exact) mass is 480 g/mol. The SMILES string of the molecule is CC(C)Oc1ccc(/C=C(/NC(=O)c2ccc(OCCC(F)(F)F)cc2)C(=O)NCCO)cc1. The Kier molecular flexibility index (Phi) is 9.93. The Morgan fingerprint density at radius 3 is 2.21 bits per heavy atom. The van der Waals surface area contributed by atoms with Gasteiger partial charge in [-0.05, 0) is 61.9 Å². The minimum Gasteiger partial charge on any atom is -0.493 e. The second kappa shape index (κ2) is 12.6. The molecule has 2 aromatic rings. The molecule has 10 heteroatoms. The van der Waals surface area contributed by atoms with Crippen molar-refractivity contribution in [3.63, 3.8) is 0 Å². The van der Waals surface area contributed by atoms with E-state index < -0.39 is 31.0 Å². The molecule has 0 fully saturated rings. The first kappa shape index (κ1) is 26.7. The highest BCUT2D eigenvalue weighted by molar-refractivity contribution is 6.05. The number of aliphatic hydroxyl groups is 1. The molecule has 2 aromatic carbocycles. The van der Waals surface area contributed by atoms with Gasteiger partial charge in [0, 0.05) is 12.1 Å². The molecule has 0 unspecified atom stereocenters. The van der Waals surface area contributed by atoms with Gasteiger partial charge in [0.2, 0.25) is 0 Å². The van der Waals surface area contributed by atoms with Crippen LogP contribution in [-0.4, -0.2) is 49.0 Å². The number of carbonyl (C=O) groups is 2. The summed E-state index contributed by atoms with van der Waals surface area (Å²) in [5.41, 5.74) is 0.741. The fraction of sp³-hybridized carbons (Fsp3) is 0.333. The van der Waals surface area contributed by atoms with Gasteiger partial charge in [0.1, 0.15) is 17.2 Å². The van der Waals surface area contributed by atoms with E-state index in [2.05, 4.69) is 10.6 Å². The normalized spacial score (nSPS) is 11.8. The zero-order valence-corrected chi connectivity index (χ0v) is 18.8. The summed E-state index contributed by atoms with van der Waals surface area (Å²) in [6.45, 7) is 2.98. The molecular formula is C24H27F3N2O5. The number of nitrogens with one attached hydrogen (secondary N) is 2. The highest BCUT2D eigenvalue weighted by atomic mass is 19.4. The smallest absolute Gasteiger partial charge is 0.392 e. The predicted molar refractivity (Wildman–Crippen MR) is 120 cm³/mol. The van der Waals surface area contributed by atoms with Crippen LogP contribution < -0.4 is 20.1 Å². The van der Waals surface area contributed by atoms with Crippen LogP contribution in [0.3, 0.4) is 0 Å². The Bertz CT molecular complexity index is 972. The molecule has 0 radical (unpaired) electrons. The van der Waals surface area contributed by atoms with Crippen molar-refractivity contribution >= 4 is 17.9 Å². The van der Waals surface area contributed by atoms with Crippen LogP contribution in [0.5, 0.6) is 11.5 Å². The minimum atomic E-state index is -4.32. The number of halogens is 3. The van der Waals surface area contributed by atoms with Crippen LogP contribution in [0.1, 0.15) is 36.2 Å². The summed E-state index contributed by atoms with van der Waals surface area (Å²) in [7, 11) is 0. The second-order valence-electron chi connectivity index (χ2n) is 7.47. The lowest BCUT2D eigenvalue weighted by molar-refractivity contribution is -0.139. The summed E-state index contributed by atoms with van der Waals surface area (Å²) >= 11 is 0. The van der Waals surface area contributed by atoms with E-state index in [1.807, 2.05) is 13.8 Å². The number of benzene rings is 2. The van der Waals surface area contributed by atoms with E-state index in [0.717, 1.165) is 0 Å². The Balaban J connectivity index is 2.12. The third-order valence-corrected chi connectivity index (χ3v) is 4.22. The summed E-state index contributed by atoms with van der Waals surface area (Å²) in [6, 6.07) is 12.4. The zero-order valence-electron chi connectivity index (χ0n) is 18.8. The first-order valence-electron chi connectivity index (χ1n) is 10.6. The number of aliphatic hydroxyl groups excluding tert-OH is 1. The molecule has 0 aromatic heterocycles. The van der Waals surface area contributed by atoms with Crippen molar-refractivity contribution in [2.24, 2.45) is 0 Å². The Labute approximate surface area is 195 Å². The fourth-order valence-corrected chi connectivity index (χ4v) is 2.69. The molecule has 0 aliphatic carbocycles. The second-order valence-corrected chi connectivity index (χ2v) is 7.47. The molecule has 34 heavy (non-hydrogen) atoms. The molecule has 0 atom stereocenters. The first-order valence-corrected chi connectivity index (χ1v) is 10.6. The zero-order chi connectivity index (χ0) is 25.1. The summed E-state index contributed by atoms with van der Waals surface area (Å²) in [6.07, 6.45) is -3.93. The number of rotatable bonds is 11. The van der Waals surface area contributed by atoms with Crippen molar-refractivity contribution < 1.29 is 37.3 Å². The molecule has 0 saturated heterocycles. The van der Waals surface area contributed by atoms with Crippen LogP contribution in [-0.2, 0) is 4.79 Å². The van der Waals surface area contributed by atoms with Crippen molar-refractivity contribution in [3.8, 4) is 11.5 Å². The third-order valence-electron chi connectivity index (χ3n) is 4.22. The highest BCUT2D eigenvalue weighted by Crippen LogP contribution is 2.21. The van der Waals surface area contributed by atoms with Crippen LogP contribution in [0.15, 0.2) is 54.2 Å². The van der Waals surface area contributed by atoms with Gasteiger partial charge in [-0.3, -0.25) is 9.59 Å². The quantitative estimate of drug-likeness (QED) is 0.427.